The number of fused-ring (bicyclic) bond motifs is 3. The van der Waals surface area contributed by atoms with Gasteiger partial charge in [-0.15, -0.1) is 0 Å². The largest absolute Gasteiger partial charge is 0.392 e. The molecule has 0 amide bonds. The van der Waals surface area contributed by atoms with Crippen LogP contribution in [-0.2, 0) is 4.79 Å². The number of Topliss-reactive ketones (excluding diaryl/α,β-unsaturated/α-hetero) is 1. The molecule has 6 unspecified atom stereocenters. The fourth-order valence-electron chi connectivity index (χ4n) is 5.87. The molecule has 3 aliphatic rings. The minimum Gasteiger partial charge on any atom is -0.392 e. The second-order valence-corrected chi connectivity index (χ2v) is 8.79. The Labute approximate surface area is 139 Å². The lowest BCUT2D eigenvalue weighted by Gasteiger charge is -2.54. The van der Waals surface area contributed by atoms with E-state index in [1.165, 1.54) is 12.0 Å². The molecule has 3 heteroatoms. The maximum absolute atomic E-state index is 12.5. The summed E-state index contributed by atoms with van der Waals surface area (Å²) in [5, 5.41) is 20.4. The summed E-state index contributed by atoms with van der Waals surface area (Å²) in [4.78, 5) is 12.5. The van der Waals surface area contributed by atoms with Crippen LogP contribution in [0, 0.1) is 28.6 Å². The van der Waals surface area contributed by atoms with Gasteiger partial charge in [-0.2, -0.15) is 0 Å². The van der Waals surface area contributed by atoms with E-state index in [-0.39, 0.29) is 29.1 Å². The van der Waals surface area contributed by atoms with Gasteiger partial charge in [0.05, 0.1) is 12.7 Å². The molecule has 128 valence electrons. The Hall–Kier alpha value is -0.930. The van der Waals surface area contributed by atoms with Crippen molar-refractivity contribution in [1.82, 2.24) is 0 Å². The fraction of sp³-hybridized carbons (Fsp3) is 0.750. The molecular formula is C20H30O3. The smallest absolute Gasteiger partial charge is 0.161 e. The Morgan fingerprint density at radius 3 is 2.52 bits per heavy atom. The quantitative estimate of drug-likeness (QED) is 0.768. The number of carbonyl (C=O) groups is 1. The van der Waals surface area contributed by atoms with Crippen LogP contribution in [0.1, 0.15) is 52.9 Å². The van der Waals surface area contributed by atoms with Crippen molar-refractivity contribution in [1.29, 1.82) is 0 Å². The van der Waals surface area contributed by atoms with Crippen LogP contribution in [0.3, 0.4) is 0 Å². The van der Waals surface area contributed by atoms with Crippen molar-refractivity contribution in [3.8, 4) is 0 Å². The van der Waals surface area contributed by atoms with Gasteiger partial charge in [-0.25, -0.2) is 0 Å². The first kappa shape index (κ1) is 16.9. The standard InChI is InChI=1S/C20H30O3/c1-12(2)14-5-6-19(3)7-8-20(4)10-16(23)13(11-21)9-15(22)18(20)17(14)19/h9,14-15,17-18,21-22H,1,5-8,10-11H2,2-4H3. The summed E-state index contributed by atoms with van der Waals surface area (Å²) in [7, 11) is 0. The van der Waals surface area contributed by atoms with Crippen LogP contribution in [-0.4, -0.2) is 28.7 Å². The molecule has 2 fully saturated rings. The average molecular weight is 318 g/mol. The maximum atomic E-state index is 12.5. The van der Waals surface area contributed by atoms with Crippen molar-refractivity contribution in [3.05, 3.63) is 23.8 Å². The monoisotopic (exact) mass is 318 g/mol. The second-order valence-electron chi connectivity index (χ2n) is 8.79. The van der Waals surface area contributed by atoms with E-state index < -0.39 is 6.10 Å². The van der Waals surface area contributed by atoms with E-state index in [1.54, 1.807) is 6.08 Å². The Morgan fingerprint density at radius 1 is 1.26 bits per heavy atom. The first-order chi connectivity index (χ1) is 10.7. The van der Waals surface area contributed by atoms with E-state index in [2.05, 4.69) is 27.4 Å². The van der Waals surface area contributed by atoms with Gasteiger partial charge in [-0.05, 0) is 67.3 Å². The molecule has 3 nitrogen and oxygen atoms in total. The lowest BCUT2D eigenvalue weighted by Crippen LogP contribution is -2.51. The van der Waals surface area contributed by atoms with Crippen LogP contribution in [0.2, 0.25) is 0 Å². The molecule has 0 aliphatic heterocycles. The molecule has 0 aromatic heterocycles. The second kappa shape index (κ2) is 5.56. The van der Waals surface area contributed by atoms with Gasteiger partial charge in [-0.3, -0.25) is 4.79 Å². The molecule has 0 aromatic carbocycles. The van der Waals surface area contributed by atoms with Gasteiger partial charge in [0, 0.05) is 12.0 Å². The van der Waals surface area contributed by atoms with Crippen LogP contribution < -0.4 is 0 Å². The molecule has 0 spiro atoms. The van der Waals surface area contributed by atoms with Crippen molar-refractivity contribution < 1.29 is 15.0 Å². The molecule has 0 heterocycles. The Morgan fingerprint density at radius 2 is 1.91 bits per heavy atom. The number of allylic oxidation sites excluding steroid dienone is 1. The molecule has 0 aromatic rings. The normalized spacial score (nSPS) is 46.7. The van der Waals surface area contributed by atoms with E-state index >= 15 is 0 Å². The fourth-order valence-corrected chi connectivity index (χ4v) is 5.87. The van der Waals surface area contributed by atoms with E-state index in [9.17, 15) is 15.0 Å². The molecule has 6 atom stereocenters. The highest BCUT2D eigenvalue weighted by Crippen LogP contribution is 2.65. The van der Waals surface area contributed by atoms with Crippen molar-refractivity contribution in [2.24, 2.45) is 28.6 Å². The van der Waals surface area contributed by atoms with Gasteiger partial charge in [0.1, 0.15) is 0 Å². The minimum absolute atomic E-state index is 0.00465. The van der Waals surface area contributed by atoms with Gasteiger partial charge in [0.25, 0.3) is 0 Å². The lowest BCUT2D eigenvalue weighted by molar-refractivity contribution is -0.124. The molecule has 23 heavy (non-hydrogen) atoms. The van der Waals surface area contributed by atoms with E-state index in [4.69, 9.17) is 0 Å². The zero-order valence-electron chi connectivity index (χ0n) is 14.6. The molecular weight excluding hydrogens is 288 g/mol. The van der Waals surface area contributed by atoms with E-state index in [0.717, 1.165) is 19.3 Å². The van der Waals surface area contributed by atoms with E-state index in [1.807, 2.05) is 0 Å². The minimum atomic E-state index is -0.654. The van der Waals surface area contributed by atoms with Gasteiger partial charge < -0.3 is 10.2 Å². The first-order valence-electron chi connectivity index (χ1n) is 8.90. The van der Waals surface area contributed by atoms with Crippen LogP contribution in [0.4, 0.5) is 0 Å². The van der Waals surface area contributed by atoms with Gasteiger partial charge >= 0.3 is 0 Å². The summed E-state index contributed by atoms with van der Waals surface area (Å²) in [6.45, 7) is 10.6. The first-order valence-corrected chi connectivity index (χ1v) is 8.90. The van der Waals surface area contributed by atoms with Gasteiger partial charge in [-0.1, -0.05) is 26.0 Å². The lowest BCUT2D eigenvalue weighted by atomic mass is 9.50. The zero-order chi connectivity index (χ0) is 17.0. The topological polar surface area (TPSA) is 57.5 Å². The molecule has 0 radical (unpaired) electrons. The third kappa shape index (κ3) is 2.53. The van der Waals surface area contributed by atoms with Crippen molar-refractivity contribution in [3.63, 3.8) is 0 Å². The Kier molecular flexibility index (Phi) is 4.09. The summed E-state index contributed by atoms with van der Waals surface area (Å²) in [5.74, 6) is 0.873. The highest BCUT2D eigenvalue weighted by atomic mass is 16.3. The highest BCUT2D eigenvalue weighted by molar-refractivity contribution is 5.96. The Balaban J connectivity index is 2.07. The molecule has 2 saturated carbocycles. The zero-order valence-corrected chi connectivity index (χ0v) is 14.6. The number of hydrogen-bond acceptors (Lipinski definition) is 3. The molecule has 0 saturated heterocycles. The van der Waals surface area contributed by atoms with Crippen molar-refractivity contribution in [2.75, 3.05) is 6.61 Å². The third-order valence-corrected chi connectivity index (χ3v) is 7.19. The summed E-state index contributed by atoms with van der Waals surface area (Å²) in [5.41, 5.74) is 1.64. The number of aliphatic hydroxyl groups excluding tert-OH is 2. The van der Waals surface area contributed by atoms with Crippen LogP contribution in [0.5, 0.6) is 0 Å². The number of ketones is 1. The maximum Gasteiger partial charge on any atom is 0.161 e. The number of aliphatic hydroxyl groups is 2. The predicted octanol–water partition coefficient (Wildman–Crippen LogP) is 3.26. The summed E-state index contributed by atoms with van der Waals surface area (Å²) >= 11 is 0. The third-order valence-electron chi connectivity index (χ3n) is 7.19. The van der Waals surface area contributed by atoms with Gasteiger partial charge in [0.15, 0.2) is 5.78 Å². The van der Waals surface area contributed by atoms with E-state index in [0.29, 0.717) is 23.8 Å². The summed E-state index contributed by atoms with van der Waals surface area (Å²) < 4.78 is 0. The SMILES string of the molecule is C=C(C)C1CCC2(C)CCC3(C)CC(=O)C(CO)=CC(O)C3C12. The van der Waals surface area contributed by atoms with Crippen LogP contribution in [0.15, 0.2) is 23.8 Å². The highest BCUT2D eigenvalue weighted by Gasteiger charge is 2.59. The Bertz CT molecular complexity index is 563. The summed E-state index contributed by atoms with van der Waals surface area (Å²) in [6.07, 6.45) is 5.83. The molecule has 2 N–H and O–H groups in total. The van der Waals surface area contributed by atoms with Crippen molar-refractivity contribution >= 4 is 5.78 Å². The van der Waals surface area contributed by atoms with Crippen molar-refractivity contribution in [2.45, 2.75) is 59.0 Å². The van der Waals surface area contributed by atoms with Gasteiger partial charge in [0.2, 0.25) is 0 Å². The van der Waals surface area contributed by atoms with Crippen LogP contribution >= 0.6 is 0 Å². The number of carbonyl (C=O) groups excluding carboxylic acids is 1. The van der Waals surface area contributed by atoms with Crippen LogP contribution in [0.25, 0.3) is 0 Å². The molecule has 3 rings (SSSR count). The average Bonchev–Trinajstić information content (AvgIpc) is 2.77. The predicted molar refractivity (Wildman–Crippen MR) is 90.8 cm³/mol. The number of rotatable bonds is 2. The summed E-state index contributed by atoms with van der Waals surface area (Å²) in [6, 6.07) is 0. The molecule has 3 aliphatic carbocycles. The number of hydrogen-bond donors (Lipinski definition) is 2. The molecule has 0 bridgehead atoms.